The van der Waals surface area contributed by atoms with Gasteiger partial charge in [-0.2, -0.15) is 0 Å². The van der Waals surface area contributed by atoms with Crippen molar-refractivity contribution in [3.63, 3.8) is 0 Å². The quantitative estimate of drug-likeness (QED) is 0.511. The largest absolute Gasteiger partial charge is 0.497 e. The molecule has 0 heterocycles. The maximum absolute atomic E-state index is 13.7. The Labute approximate surface area is 178 Å². The van der Waals surface area contributed by atoms with E-state index in [1.54, 1.807) is 62.6 Å². The van der Waals surface area contributed by atoms with E-state index in [1.807, 2.05) is 12.1 Å². The highest BCUT2D eigenvalue weighted by Gasteiger charge is 2.16. The molecule has 2 N–H and O–H groups in total. The van der Waals surface area contributed by atoms with Gasteiger partial charge in [-0.05, 0) is 67.6 Å². The summed E-state index contributed by atoms with van der Waals surface area (Å²) >= 11 is 1.34. The van der Waals surface area contributed by atoms with Crippen LogP contribution in [-0.2, 0) is 4.79 Å². The number of methoxy groups -OCH3 is 1. The van der Waals surface area contributed by atoms with Crippen molar-refractivity contribution < 1.29 is 18.7 Å². The van der Waals surface area contributed by atoms with Crippen molar-refractivity contribution in [3.8, 4) is 5.75 Å². The average molecular weight is 424 g/mol. The molecule has 154 valence electrons. The molecule has 0 radical (unpaired) electrons. The number of para-hydroxylation sites is 1. The van der Waals surface area contributed by atoms with Crippen molar-refractivity contribution in [2.24, 2.45) is 0 Å². The van der Waals surface area contributed by atoms with Gasteiger partial charge in [-0.25, -0.2) is 4.39 Å². The summed E-state index contributed by atoms with van der Waals surface area (Å²) in [4.78, 5) is 25.5. The maximum Gasteiger partial charge on any atom is 0.255 e. The van der Waals surface area contributed by atoms with E-state index in [0.29, 0.717) is 17.0 Å². The predicted molar refractivity (Wildman–Crippen MR) is 118 cm³/mol. The van der Waals surface area contributed by atoms with Gasteiger partial charge in [0.15, 0.2) is 0 Å². The Kier molecular flexibility index (Phi) is 7.08. The maximum atomic E-state index is 13.7. The van der Waals surface area contributed by atoms with Gasteiger partial charge in [0, 0.05) is 16.1 Å². The SMILES string of the molecule is COc1ccc(C(=O)Nc2ccc(SC(C)C(=O)Nc3ccccc3F)cc2)cc1. The number of carbonyl (C=O) groups is 2. The number of nitrogens with one attached hydrogen (secondary N) is 2. The van der Waals surface area contributed by atoms with Crippen LogP contribution in [-0.4, -0.2) is 24.2 Å². The summed E-state index contributed by atoms with van der Waals surface area (Å²) in [7, 11) is 1.57. The first kappa shape index (κ1) is 21.4. The van der Waals surface area contributed by atoms with Crippen molar-refractivity contribution in [1.82, 2.24) is 0 Å². The monoisotopic (exact) mass is 424 g/mol. The van der Waals surface area contributed by atoms with E-state index < -0.39 is 11.1 Å². The minimum atomic E-state index is -0.472. The Bertz CT molecular complexity index is 1020. The van der Waals surface area contributed by atoms with Crippen molar-refractivity contribution in [2.75, 3.05) is 17.7 Å². The van der Waals surface area contributed by atoms with Gasteiger partial charge >= 0.3 is 0 Å². The van der Waals surface area contributed by atoms with E-state index in [2.05, 4.69) is 10.6 Å². The summed E-state index contributed by atoms with van der Waals surface area (Å²) < 4.78 is 18.8. The molecule has 0 aliphatic carbocycles. The first-order valence-corrected chi connectivity index (χ1v) is 10.1. The molecule has 0 saturated carbocycles. The zero-order valence-corrected chi connectivity index (χ0v) is 17.3. The van der Waals surface area contributed by atoms with Gasteiger partial charge in [0.25, 0.3) is 5.91 Å². The number of halogens is 1. The first-order valence-electron chi connectivity index (χ1n) is 9.24. The fraction of sp³-hybridized carbons (Fsp3) is 0.130. The highest BCUT2D eigenvalue weighted by atomic mass is 32.2. The molecule has 1 unspecified atom stereocenters. The van der Waals surface area contributed by atoms with Crippen LogP contribution in [0.3, 0.4) is 0 Å². The normalized spacial score (nSPS) is 11.4. The lowest BCUT2D eigenvalue weighted by molar-refractivity contribution is -0.115. The number of ether oxygens (including phenoxy) is 1. The molecule has 2 amide bonds. The molecule has 3 aromatic carbocycles. The van der Waals surface area contributed by atoms with Gasteiger partial charge in [0.1, 0.15) is 11.6 Å². The molecule has 0 saturated heterocycles. The first-order chi connectivity index (χ1) is 14.5. The second kappa shape index (κ2) is 9.93. The Morgan fingerprint density at radius 2 is 1.60 bits per heavy atom. The highest BCUT2D eigenvalue weighted by Crippen LogP contribution is 2.26. The van der Waals surface area contributed by atoms with Crippen molar-refractivity contribution in [2.45, 2.75) is 17.1 Å². The number of amides is 2. The van der Waals surface area contributed by atoms with Crippen LogP contribution in [0.4, 0.5) is 15.8 Å². The predicted octanol–water partition coefficient (Wildman–Crippen LogP) is 5.21. The zero-order chi connectivity index (χ0) is 21.5. The van der Waals surface area contributed by atoms with Gasteiger partial charge in [-0.3, -0.25) is 9.59 Å². The van der Waals surface area contributed by atoms with Gasteiger partial charge in [-0.15, -0.1) is 11.8 Å². The van der Waals surface area contributed by atoms with Crippen LogP contribution in [0, 0.1) is 5.82 Å². The van der Waals surface area contributed by atoms with Crippen molar-refractivity contribution >= 4 is 35.0 Å². The number of benzene rings is 3. The summed E-state index contributed by atoms with van der Waals surface area (Å²) in [6.07, 6.45) is 0. The number of anilines is 2. The van der Waals surface area contributed by atoms with Gasteiger partial charge in [-0.1, -0.05) is 12.1 Å². The third kappa shape index (κ3) is 5.61. The molecular weight excluding hydrogens is 403 g/mol. The Balaban J connectivity index is 1.56. The molecule has 3 aromatic rings. The number of rotatable bonds is 7. The van der Waals surface area contributed by atoms with Crippen molar-refractivity contribution in [1.29, 1.82) is 0 Å². The molecular formula is C23H21FN2O3S. The molecule has 7 heteroatoms. The smallest absolute Gasteiger partial charge is 0.255 e. The number of hydrogen-bond acceptors (Lipinski definition) is 4. The van der Waals surface area contributed by atoms with Crippen LogP contribution in [0.2, 0.25) is 0 Å². The van der Waals surface area contributed by atoms with Gasteiger partial charge < -0.3 is 15.4 Å². The molecule has 0 fully saturated rings. The molecule has 30 heavy (non-hydrogen) atoms. The molecule has 0 aliphatic rings. The van der Waals surface area contributed by atoms with E-state index in [1.165, 1.54) is 23.9 Å². The molecule has 0 aromatic heterocycles. The third-order valence-corrected chi connectivity index (χ3v) is 5.39. The van der Waals surface area contributed by atoms with Gasteiger partial charge in [0.05, 0.1) is 18.0 Å². The lowest BCUT2D eigenvalue weighted by atomic mass is 10.2. The van der Waals surface area contributed by atoms with E-state index in [0.717, 1.165) is 4.90 Å². The minimum Gasteiger partial charge on any atom is -0.497 e. The summed E-state index contributed by atoms with van der Waals surface area (Å²) in [5.41, 5.74) is 1.32. The highest BCUT2D eigenvalue weighted by molar-refractivity contribution is 8.00. The molecule has 1 atom stereocenters. The topological polar surface area (TPSA) is 67.4 Å². The summed E-state index contributed by atoms with van der Waals surface area (Å²) in [6.45, 7) is 1.75. The van der Waals surface area contributed by atoms with Crippen LogP contribution < -0.4 is 15.4 Å². The van der Waals surface area contributed by atoms with Crippen LogP contribution >= 0.6 is 11.8 Å². The number of thioether (sulfide) groups is 1. The van der Waals surface area contributed by atoms with E-state index in [4.69, 9.17) is 4.74 Å². The lowest BCUT2D eigenvalue weighted by Gasteiger charge is -2.13. The Morgan fingerprint density at radius 3 is 2.23 bits per heavy atom. The number of hydrogen-bond donors (Lipinski definition) is 2. The fourth-order valence-electron chi connectivity index (χ4n) is 2.62. The Hall–Kier alpha value is -3.32. The fourth-order valence-corrected chi connectivity index (χ4v) is 3.48. The lowest BCUT2D eigenvalue weighted by Crippen LogP contribution is -2.22. The minimum absolute atomic E-state index is 0.159. The summed E-state index contributed by atoms with van der Waals surface area (Å²) in [5.74, 6) is -0.307. The van der Waals surface area contributed by atoms with Crippen LogP contribution in [0.25, 0.3) is 0 Å². The van der Waals surface area contributed by atoms with Crippen LogP contribution in [0.5, 0.6) is 5.75 Å². The summed E-state index contributed by atoms with van der Waals surface area (Å²) in [5, 5.41) is 4.99. The standard InChI is InChI=1S/C23H21FN2O3S/c1-15(22(27)26-21-6-4-3-5-20(21)24)30-19-13-9-17(10-14-19)25-23(28)16-7-11-18(29-2)12-8-16/h3-15H,1-2H3,(H,25,28)(H,26,27). The van der Waals surface area contributed by atoms with Crippen LogP contribution in [0.15, 0.2) is 77.7 Å². The molecule has 0 spiro atoms. The van der Waals surface area contributed by atoms with Gasteiger partial charge in [0.2, 0.25) is 5.91 Å². The van der Waals surface area contributed by atoms with E-state index >= 15 is 0 Å². The Morgan fingerprint density at radius 1 is 0.933 bits per heavy atom. The molecule has 5 nitrogen and oxygen atoms in total. The zero-order valence-electron chi connectivity index (χ0n) is 16.5. The summed E-state index contributed by atoms with van der Waals surface area (Å²) in [6, 6.07) is 20.1. The molecule has 0 aliphatic heterocycles. The second-order valence-corrected chi connectivity index (χ2v) is 7.85. The van der Waals surface area contributed by atoms with E-state index in [9.17, 15) is 14.0 Å². The van der Waals surface area contributed by atoms with Crippen molar-refractivity contribution in [3.05, 3.63) is 84.2 Å². The third-order valence-electron chi connectivity index (χ3n) is 4.28. The van der Waals surface area contributed by atoms with Crippen LogP contribution in [0.1, 0.15) is 17.3 Å². The second-order valence-electron chi connectivity index (χ2n) is 6.44. The number of carbonyl (C=O) groups excluding carboxylic acids is 2. The molecule has 3 rings (SSSR count). The average Bonchev–Trinajstić information content (AvgIpc) is 2.76. The molecule has 0 bridgehead atoms. The van der Waals surface area contributed by atoms with E-state index in [-0.39, 0.29) is 17.5 Å².